The average Bonchev–Trinajstić information content (AvgIpc) is 2.62. The lowest BCUT2D eigenvalue weighted by molar-refractivity contribution is -0.119. The summed E-state index contributed by atoms with van der Waals surface area (Å²) in [5.74, 6) is 0.744. The quantitative estimate of drug-likeness (QED) is 0.360. The lowest BCUT2D eigenvalue weighted by Gasteiger charge is -2.39. The third-order valence-electron chi connectivity index (χ3n) is 4.41. The topological polar surface area (TPSA) is 60.0 Å². The van der Waals surface area contributed by atoms with Crippen molar-refractivity contribution in [3.8, 4) is 0 Å². The van der Waals surface area contributed by atoms with Gasteiger partial charge in [0.2, 0.25) is 5.91 Å². The van der Waals surface area contributed by atoms with E-state index in [0.717, 1.165) is 36.6 Å². The van der Waals surface area contributed by atoms with Crippen LogP contribution in [0.5, 0.6) is 0 Å². The Bertz CT molecular complexity index is 573. The van der Waals surface area contributed by atoms with E-state index in [0.29, 0.717) is 6.04 Å². The third kappa shape index (κ3) is 6.41. The maximum atomic E-state index is 11.4. The Hall–Kier alpha value is -0.870. The molecule has 0 spiro atoms. The molecule has 1 unspecified atom stereocenters. The maximum absolute atomic E-state index is 11.4. The first kappa shape index (κ1) is 22.2. The van der Waals surface area contributed by atoms with E-state index >= 15 is 0 Å². The summed E-state index contributed by atoms with van der Waals surface area (Å²) in [5.41, 5.74) is 1.33. The molecule has 0 aliphatic carbocycles. The van der Waals surface area contributed by atoms with Crippen molar-refractivity contribution in [3.05, 3.63) is 34.3 Å². The van der Waals surface area contributed by atoms with Gasteiger partial charge in [0, 0.05) is 50.8 Å². The van der Waals surface area contributed by atoms with Crippen LogP contribution in [0.2, 0.25) is 0 Å². The third-order valence-corrected chi connectivity index (χ3v) is 4.94. The molecule has 25 heavy (non-hydrogen) atoms. The second-order valence-corrected chi connectivity index (χ2v) is 6.74. The number of piperazine rings is 1. The number of carbonyl (C=O) groups excluding carboxylic acids is 1. The van der Waals surface area contributed by atoms with Crippen molar-refractivity contribution in [2.75, 3.05) is 46.8 Å². The van der Waals surface area contributed by atoms with E-state index in [1.54, 1.807) is 14.1 Å². The molecule has 1 heterocycles. The number of benzene rings is 1. The maximum Gasteiger partial charge on any atom is 0.239 e. The monoisotopic (exact) mass is 523 g/mol. The van der Waals surface area contributed by atoms with Crippen molar-refractivity contribution < 1.29 is 4.79 Å². The molecule has 1 atom stereocenters. The minimum absolute atomic E-state index is 0. The number of hydrogen-bond donors (Lipinski definition) is 2. The van der Waals surface area contributed by atoms with Crippen LogP contribution in [0.3, 0.4) is 0 Å². The molecule has 1 aliphatic heterocycles. The molecule has 2 N–H and O–H groups in total. The molecule has 1 fully saturated rings. The second-order valence-electron chi connectivity index (χ2n) is 5.82. The number of carbonyl (C=O) groups is 1. The summed E-state index contributed by atoms with van der Waals surface area (Å²) in [6.07, 6.45) is 0. The fourth-order valence-electron chi connectivity index (χ4n) is 2.85. The highest BCUT2D eigenvalue weighted by Crippen LogP contribution is 2.23. The van der Waals surface area contributed by atoms with E-state index in [9.17, 15) is 4.79 Å². The Morgan fingerprint density at radius 1 is 1.24 bits per heavy atom. The molecule has 2 rings (SSSR count). The number of nitrogens with zero attached hydrogens (tertiary/aromatic N) is 3. The van der Waals surface area contributed by atoms with Crippen LogP contribution < -0.4 is 10.6 Å². The molecule has 6 nitrogen and oxygen atoms in total. The van der Waals surface area contributed by atoms with Crippen LogP contribution in [0.4, 0.5) is 0 Å². The van der Waals surface area contributed by atoms with Crippen LogP contribution in [0.25, 0.3) is 0 Å². The molecule has 1 aromatic rings. The number of guanidine groups is 1. The summed E-state index contributed by atoms with van der Waals surface area (Å²) in [6.45, 7) is 6.23. The molecule has 0 saturated carbocycles. The van der Waals surface area contributed by atoms with Crippen molar-refractivity contribution in [2.24, 2.45) is 4.99 Å². The molecular formula is C17H27BrIN5O. The van der Waals surface area contributed by atoms with E-state index in [4.69, 9.17) is 0 Å². The zero-order valence-electron chi connectivity index (χ0n) is 15.0. The van der Waals surface area contributed by atoms with Gasteiger partial charge in [0.15, 0.2) is 5.96 Å². The summed E-state index contributed by atoms with van der Waals surface area (Å²) in [5, 5.41) is 5.72. The van der Waals surface area contributed by atoms with Gasteiger partial charge in [-0.05, 0) is 24.6 Å². The molecular weight excluding hydrogens is 497 g/mol. The van der Waals surface area contributed by atoms with Crippen molar-refractivity contribution in [1.29, 1.82) is 0 Å². The fraction of sp³-hybridized carbons (Fsp3) is 0.529. The number of nitrogens with one attached hydrogen (secondary N) is 2. The van der Waals surface area contributed by atoms with E-state index in [2.05, 4.69) is 72.5 Å². The van der Waals surface area contributed by atoms with Gasteiger partial charge in [-0.25, -0.2) is 0 Å². The predicted octanol–water partition coefficient (Wildman–Crippen LogP) is 2.07. The molecule has 0 bridgehead atoms. The van der Waals surface area contributed by atoms with Gasteiger partial charge in [-0.3, -0.25) is 14.7 Å². The zero-order chi connectivity index (χ0) is 17.5. The number of hydrogen-bond acceptors (Lipinski definition) is 3. The standard InChI is InChI=1S/C17H26BrN5O.HI/c1-13(14-4-6-15(18)7-5-14)22-8-10-23(11-9-22)17(20-3)21-12-16(24)19-2;/h4-7,13H,8-12H2,1-3H3,(H,19,24)(H,20,21);1H. The first-order valence-electron chi connectivity index (χ1n) is 8.21. The normalized spacial score (nSPS) is 16.8. The first-order chi connectivity index (χ1) is 11.5. The summed E-state index contributed by atoms with van der Waals surface area (Å²) in [7, 11) is 3.39. The summed E-state index contributed by atoms with van der Waals surface area (Å²) < 4.78 is 1.11. The Morgan fingerprint density at radius 3 is 2.36 bits per heavy atom. The lowest BCUT2D eigenvalue weighted by Crippen LogP contribution is -2.53. The number of aliphatic imine (C=N–C) groups is 1. The zero-order valence-corrected chi connectivity index (χ0v) is 18.9. The molecule has 140 valence electrons. The smallest absolute Gasteiger partial charge is 0.239 e. The van der Waals surface area contributed by atoms with Gasteiger partial charge in [0.1, 0.15) is 0 Å². The van der Waals surface area contributed by atoms with Crippen LogP contribution in [-0.2, 0) is 4.79 Å². The molecule has 1 saturated heterocycles. The number of amides is 1. The predicted molar refractivity (Wildman–Crippen MR) is 117 cm³/mol. The Kier molecular flexibility index (Phi) is 9.73. The molecule has 1 aromatic carbocycles. The van der Waals surface area contributed by atoms with Crippen molar-refractivity contribution >= 4 is 51.8 Å². The molecule has 1 amide bonds. The average molecular weight is 524 g/mol. The van der Waals surface area contributed by atoms with Gasteiger partial charge < -0.3 is 15.5 Å². The number of likely N-dealkylation sites (N-methyl/N-ethyl adjacent to an activating group) is 1. The number of rotatable bonds is 4. The highest BCUT2D eigenvalue weighted by Gasteiger charge is 2.23. The Morgan fingerprint density at radius 2 is 1.84 bits per heavy atom. The fourth-order valence-corrected chi connectivity index (χ4v) is 3.12. The van der Waals surface area contributed by atoms with E-state index in [1.807, 2.05) is 0 Å². The van der Waals surface area contributed by atoms with E-state index in [1.165, 1.54) is 5.56 Å². The summed E-state index contributed by atoms with van der Waals surface area (Å²) in [6, 6.07) is 8.91. The van der Waals surface area contributed by atoms with Gasteiger partial charge >= 0.3 is 0 Å². The first-order valence-corrected chi connectivity index (χ1v) is 9.00. The van der Waals surface area contributed by atoms with Gasteiger partial charge in [-0.1, -0.05) is 28.1 Å². The lowest BCUT2D eigenvalue weighted by atomic mass is 10.1. The van der Waals surface area contributed by atoms with Gasteiger partial charge in [0.05, 0.1) is 6.54 Å². The molecule has 0 aromatic heterocycles. The summed E-state index contributed by atoms with van der Waals surface area (Å²) in [4.78, 5) is 20.3. The van der Waals surface area contributed by atoms with E-state index < -0.39 is 0 Å². The minimum atomic E-state index is -0.0429. The highest BCUT2D eigenvalue weighted by atomic mass is 127. The Labute approximate surface area is 175 Å². The number of halogens is 2. The highest BCUT2D eigenvalue weighted by molar-refractivity contribution is 14.0. The second kappa shape index (κ2) is 11.0. The molecule has 8 heteroatoms. The van der Waals surface area contributed by atoms with Crippen molar-refractivity contribution in [1.82, 2.24) is 20.4 Å². The largest absolute Gasteiger partial charge is 0.358 e. The van der Waals surface area contributed by atoms with Crippen LogP contribution in [0.1, 0.15) is 18.5 Å². The van der Waals surface area contributed by atoms with Gasteiger partial charge in [-0.2, -0.15) is 0 Å². The Balaban J connectivity index is 0.00000312. The van der Waals surface area contributed by atoms with Crippen LogP contribution in [-0.4, -0.2) is 68.5 Å². The van der Waals surface area contributed by atoms with Gasteiger partial charge in [0.25, 0.3) is 0 Å². The molecule has 1 aliphatic rings. The van der Waals surface area contributed by atoms with Crippen LogP contribution in [0.15, 0.2) is 33.7 Å². The van der Waals surface area contributed by atoms with Gasteiger partial charge in [-0.15, -0.1) is 24.0 Å². The van der Waals surface area contributed by atoms with E-state index in [-0.39, 0.29) is 36.4 Å². The minimum Gasteiger partial charge on any atom is -0.358 e. The van der Waals surface area contributed by atoms with Crippen LogP contribution in [0, 0.1) is 0 Å². The van der Waals surface area contributed by atoms with Crippen LogP contribution >= 0.6 is 39.9 Å². The SMILES string of the molecule is CN=C(NCC(=O)NC)N1CCN(C(C)c2ccc(Br)cc2)CC1.I. The molecule has 0 radical (unpaired) electrons. The van der Waals surface area contributed by atoms with Crippen molar-refractivity contribution in [2.45, 2.75) is 13.0 Å². The van der Waals surface area contributed by atoms with Crippen molar-refractivity contribution in [3.63, 3.8) is 0 Å². The summed E-state index contributed by atoms with van der Waals surface area (Å²) >= 11 is 3.48.